The van der Waals surface area contributed by atoms with E-state index in [2.05, 4.69) is 5.32 Å². The number of ether oxygens (including phenoxy) is 2. The van der Waals surface area contributed by atoms with Gasteiger partial charge in [-0.05, 0) is 19.4 Å². The van der Waals surface area contributed by atoms with Crippen molar-refractivity contribution in [1.82, 2.24) is 9.80 Å². The van der Waals surface area contributed by atoms with Crippen molar-refractivity contribution in [2.45, 2.75) is 20.8 Å². The number of hydrogen-bond donors (Lipinski definition) is 1. The zero-order valence-electron chi connectivity index (χ0n) is 16.5. The number of anilines is 1. The van der Waals surface area contributed by atoms with Crippen LogP contribution in [0, 0.1) is 13.8 Å². The lowest BCUT2D eigenvalue weighted by Gasteiger charge is -2.28. The van der Waals surface area contributed by atoms with Crippen LogP contribution in [0.5, 0.6) is 0 Å². The summed E-state index contributed by atoms with van der Waals surface area (Å²) in [5.41, 5.74) is 0.944. The number of carbonyl (C=O) groups excluding carboxylic acids is 4. The van der Waals surface area contributed by atoms with Crippen LogP contribution in [0.15, 0.2) is 0 Å². The Hall–Kier alpha value is -2.46. The van der Waals surface area contributed by atoms with Crippen molar-refractivity contribution in [3.8, 4) is 0 Å². The number of hydrogen-bond acceptors (Lipinski definition) is 7. The Morgan fingerprint density at radius 3 is 2.46 bits per heavy atom. The molecule has 1 saturated heterocycles. The molecule has 3 amide bonds. The second-order valence-electron chi connectivity index (χ2n) is 6.49. The number of thiophene rings is 1. The van der Waals surface area contributed by atoms with E-state index >= 15 is 0 Å². The number of nitrogens with zero attached hydrogens (tertiary/aromatic N) is 2. The van der Waals surface area contributed by atoms with Gasteiger partial charge in [0, 0.05) is 31.9 Å². The van der Waals surface area contributed by atoms with Crippen LogP contribution in [0.1, 0.15) is 27.7 Å². The minimum Gasteiger partial charge on any atom is -0.452 e. The fourth-order valence-corrected chi connectivity index (χ4v) is 3.73. The fraction of sp³-hybridized carbons (Fsp3) is 0.556. The fourth-order valence-electron chi connectivity index (χ4n) is 2.63. The Labute approximate surface area is 167 Å². The maximum Gasteiger partial charge on any atom is 0.341 e. The summed E-state index contributed by atoms with van der Waals surface area (Å²) in [6, 6.07) is 0. The highest BCUT2D eigenvalue weighted by Gasteiger charge is 2.24. The van der Waals surface area contributed by atoms with Gasteiger partial charge in [-0.25, -0.2) is 4.79 Å². The number of rotatable bonds is 6. The van der Waals surface area contributed by atoms with Crippen molar-refractivity contribution in [2.24, 2.45) is 0 Å². The highest BCUT2D eigenvalue weighted by molar-refractivity contribution is 7.16. The molecule has 1 fully saturated rings. The van der Waals surface area contributed by atoms with Gasteiger partial charge in [-0.15, -0.1) is 11.3 Å². The van der Waals surface area contributed by atoms with E-state index in [1.54, 1.807) is 11.8 Å². The molecule has 0 radical (unpaired) electrons. The maximum absolute atomic E-state index is 12.5. The Kier molecular flexibility index (Phi) is 7.53. The lowest BCUT2D eigenvalue weighted by Crippen LogP contribution is -2.46. The van der Waals surface area contributed by atoms with Crippen LogP contribution in [0.25, 0.3) is 0 Å². The van der Waals surface area contributed by atoms with Crippen molar-refractivity contribution in [3.63, 3.8) is 0 Å². The van der Waals surface area contributed by atoms with Gasteiger partial charge >= 0.3 is 5.97 Å². The second-order valence-corrected chi connectivity index (χ2v) is 7.71. The van der Waals surface area contributed by atoms with Crippen LogP contribution < -0.4 is 5.32 Å². The molecule has 0 bridgehead atoms. The minimum atomic E-state index is -0.688. The molecule has 0 saturated carbocycles. The molecule has 0 aliphatic carbocycles. The van der Waals surface area contributed by atoms with Crippen LogP contribution in [-0.2, 0) is 23.9 Å². The highest BCUT2D eigenvalue weighted by Crippen LogP contribution is 2.32. The largest absolute Gasteiger partial charge is 0.452 e. The lowest BCUT2D eigenvalue weighted by atomic mass is 10.1. The summed E-state index contributed by atoms with van der Waals surface area (Å²) in [5.74, 6) is -1.65. The van der Waals surface area contributed by atoms with E-state index in [0.717, 1.165) is 4.88 Å². The standard InChI is InChI=1S/C18H25N3O6S/c1-11-12(2)28-17(19-13(3)22)16(11)18(25)27-10-15(24)20(4)9-14(23)21-5-7-26-8-6-21/h5-10H2,1-4H3,(H,19,22). The molecule has 1 aromatic rings. The van der Waals surface area contributed by atoms with Crippen molar-refractivity contribution in [3.05, 3.63) is 16.0 Å². The summed E-state index contributed by atoms with van der Waals surface area (Å²) in [6.45, 7) is 6.32. The average Bonchev–Trinajstić information content (AvgIpc) is 2.92. The lowest BCUT2D eigenvalue weighted by molar-refractivity contribution is -0.143. The SMILES string of the molecule is CC(=O)Nc1sc(C)c(C)c1C(=O)OCC(=O)N(C)CC(=O)N1CCOCC1. The van der Waals surface area contributed by atoms with Gasteiger partial charge in [-0.3, -0.25) is 14.4 Å². The summed E-state index contributed by atoms with van der Waals surface area (Å²) < 4.78 is 10.3. The van der Waals surface area contributed by atoms with E-state index < -0.39 is 18.5 Å². The first-order valence-corrected chi connectivity index (χ1v) is 9.66. The van der Waals surface area contributed by atoms with E-state index in [1.807, 2.05) is 6.92 Å². The van der Waals surface area contributed by atoms with Crippen LogP contribution in [0.3, 0.4) is 0 Å². The predicted molar refractivity (Wildman–Crippen MR) is 103 cm³/mol. The summed E-state index contributed by atoms with van der Waals surface area (Å²) in [5, 5.41) is 3.01. The van der Waals surface area contributed by atoms with E-state index in [0.29, 0.717) is 36.9 Å². The van der Waals surface area contributed by atoms with Crippen molar-refractivity contribution in [2.75, 3.05) is 51.8 Å². The first-order valence-electron chi connectivity index (χ1n) is 8.85. The van der Waals surface area contributed by atoms with Gasteiger partial charge in [0.2, 0.25) is 11.8 Å². The molecular formula is C18H25N3O6S. The van der Waals surface area contributed by atoms with Crippen LogP contribution in [0.4, 0.5) is 5.00 Å². The molecule has 0 unspecified atom stereocenters. The van der Waals surface area contributed by atoms with Gasteiger partial charge < -0.3 is 24.6 Å². The molecule has 0 atom stereocenters. The number of morpholine rings is 1. The minimum absolute atomic E-state index is 0.0931. The monoisotopic (exact) mass is 411 g/mol. The third-order valence-electron chi connectivity index (χ3n) is 4.37. The molecule has 0 spiro atoms. The Morgan fingerprint density at radius 1 is 1.21 bits per heavy atom. The number of nitrogens with one attached hydrogen (secondary N) is 1. The Morgan fingerprint density at radius 2 is 1.86 bits per heavy atom. The predicted octanol–water partition coefficient (Wildman–Crippen LogP) is 0.797. The van der Waals surface area contributed by atoms with Crippen molar-refractivity contribution < 1.29 is 28.7 Å². The molecule has 9 nitrogen and oxygen atoms in total. The molecule has 28 heavy (non-hydrogen) atoms. The summed E-state index contributed by atoms with van der Waals surface area (Å²) in [4.78, 5) is 52.0. The highest BCUT2D eigenvalue weighted by atomic mass is 32.1. The average molecular weight is 411 g/mol. The van der Waals surface area contributed by atoms with E-state index in [-0.39, 0.29) is 23.9 Å². The van der Waals surface area contributed by atoms with Gasteiger partial charge in [0.1, 0.15) is 5.00 Å². The van der Waals surface area contributed by atoms with Crippen LogP contribution >= 0.6 is 11.3 Å². The third-order valence-corrected chi connectivity index (χ3v) is 5.49. The molecule has 1 aromatic heterocycles. The molecule has 1 aliphatic heterocycles. The van der Waals surface area contributed by atoms with Crippen LogP contribution in [0.2, 0.25) is 0 Å². The van der Waals surface area contributed by atoms with Gasteiger partial charge in [-0.2, -0.15) is 0 Å². The number of likely N-dealkylation sites (N-methyl/N-ethyl adjacent to an activating group) is 1. The summed E-state index contributed by atoms with van der Waals surface area (Å²) in [6.07, 6.45) is 0. The number of aryl methyl sites for hydroxylation is 1. The quantitative estimate of drug-likeness (QED) is 0.694. The zero-order valence-corrected chi connectivity index (χ0v) is 17.3. The van der Waals surface area contributed by atoms with E-state index in [1.165, 1.54) is 30.2 Å². The smallest absolute Gasteiger partial charge is 0.341 e. The summed E-state index contributed by atoms with van der Waals surface area (Å²) >= 11 is 1.27. The van der Waals surface area contributed by atoms with Crippen LogP contribution in [-0.4, -0.2) is 80.0 Å². The number of esters is 1. The van der Waals surface area contributed by atoms with E-state index in [9.17, 15) is 19.2 Å². The second kappa shape index (κ2) is 9.65. The Bertz CT molecular complexity index is 770. The molecular weight excluding hydrogens is 386 g/mol. The normalized spacial score (nSPS) is 13.8. The molecule has 1 aliphatic rings. The number of carbonyl (C=O) groups is 4. The molecule has 0 aromatic carbocycles. The van der Waals surface area contributed by atoms with Gasteiger partial charge in [0.15, 0.2) is 6.61 Å². The van der Waals surface area contributed by atoms with Crippen molar-refractivity contribution >= 4 is 40.0 Å². The summed E-state index contributed by atoms with van der Waals surface area (Å²) in [7, 11) is 1.48. The first-order chi connectivity index (χ1) is 13.2. The molecule has 154 valence electrons. The Balaban J connectivity index is 1.92. The van der Waals surface area contributed by atoms with Gasteiger partial charge in [-0.1, -0.05) is 0 Å². The zero-order chi connectivity index (χ0) is 20.8. The number of amides is 3. The topological polar surface area (TPSA) is 105 Å². The van der Waals surface area contributed by atoms with Gasteiger partial charge in [0.25, 0.3) is 5.91 Å². The van der Waals surface area contributed by atoms with E-state index in [4.69, 9.17) is 9.47 Å². The molecule has 10 heteroatoms. The van der Waals surface area contributed by atoms with Crippen molar-refractivity contribution in [1.29, 1.82) is 0 Å². The first kappa shape index (κ1) is 21.8. The molecule has 2 rings (SSSR count). The molecule has 2 heterocycles. The van der Waals surface area contributed by atoms with Gasteiger partial charge in [0.05, 0.1) is 25.3 Å². The third kappa shape index (κ3) is 5.52. The molecule has 1 N–H and O–H groups in total. The maximum atomic E-state index is 12.5.